The van der Waals surface area contributed by atoms with Gasteiger partial charge >= 0.3 is 0 Å². The van der Waals surface area contributed by atoms with E-state index in [1.807, 2.05) is 24.3 Å². The molecule has 17 heavy (non-hydrogen) atoms. The van der Waals surface area contributed by atoms with E-state index in [0.29, 0.717) is 13.2 Å². The molecule has 0 aliphatic heterocycles. The van der Waals surface area contributed by atoms with Crippen molar-refractivity contribution in [1.82, 2.24) is 5.32 Å². The molecule has 1 rings (SSSR count). The number of carbonyl (C=O) groups excluding carboxylic acids is 1. The molecule has 4 heteroatoms. The van der Waals surface area contributed by atoms with Gasteiger partial charge in [0.05, 0.1) is 13.2 Å². The highest BCUT2D eigenvalue weighted by atomic mass is 16.5. The molecule has 0 saturated carbocycles. The van der Waals surface area contributed by atoms with Crippen molar-refractivity contribution in [2.24, 2.45) is 0 Å². The summed E-state index contributed by atoms with van der Waals surface area (Å²) < 4.78 is 5.48. The molecule has 0 aliphatic rings. The summed E-state index contributed by atoms with van der Waals surface area (Å²) in [5, 5.41) is 2.84. The topological polar surface area (TPSA) is 41.6 Å². The van der Waals surface area contributed by atoms with Crippen LogP contribution in [0.1, 0.15) is 13.3 Å². The van der Waals surface area contributed by atoms with E-state index in [4.69, 9.17) is 4.74 Å². The number of nitrogens with zero attached hydrogens (tertiary/aromatic N) is 1. The molecule has 1 aromatic rings. The molecule has 0 unspecified atom stereocenters. The molecule has 0 atom stereocenters. The summed E-state index contributed by atoms with van der Waals surface area (Å²) in [6.45, 7) is 3.12. The normalized spacial score (nSPS) is 10.1. The SMILES string of the molecule is CCCOc1ccc(N(C)C(=O)CNC)cc1. The molecule has 1 amide bonds. The quantitative estimate of drug-likeness (QED) is 0.816. The number of hydrogen-bond acceptors (Lipinski definition) is 3. The van der Waals surface area contributed by atoms with Gasteiger partial charge in [-0.15, -0.1) is 0 Å². The first-order valence-electron chi connectivity index (χ1n) is 5.83. The van der Waals surface area contributed by atoms with E-state index >= 15 is 0 Å². The van der Waals surface area contributed by atoms with Crippen molar-refractivity contribution in [3.63, 3.8) is 0 Å². The van der Waals surface area contributed by atoms with Crippen molar-refractivity contribution in [3.05, 3.63) is 24.3 Å². The van der Waals surface area contributed by atoms with Gasteiger partial charge in [0.15, 0.2) is 0 Å². The number of amides is 1. The Bertz CT molecular complexity index is 349. The number of nitrogens with one attached hydrogen (secondary N) is 1. The van der Waals surface area contributed by atoms with Gasteiger partial charge < -0.3 is 15.0 Å². The first-order valence-corrected chi connectivity index (χ1v) is 5.83. The minimum atomic E-state index is 0.0368. The Morgan fingerprint density at radius 2 is 2.00 bits per heavy atom. The van der Waals surface area contributed by atoms with Crippen molar-refractivity contribution >= 4 is 11.6 Å². The zero-order valence-electron chi connectivity index (χ0n) is 10.7. The number of likely N-dealkylation sites (N-methyl/N-ethyl adjacent to an activating group) is 2. The second kappa shape index (κ2) is 6.91. The summed E-state index contributed by atoms with van der Waals surface area (Å²) in [7, 11) is 3.52. The summed E-state index contributed by atoms with van der Waals surface area (Å²) in [5.74, 6) is 0.875. The second-order valence-electron chi connectivity index (χ2n) is 3.83. The van der Waals surface area contributed by atoms with Crippen LogP contribution < -0.4 is 15.0 Å². The fourth-order valence-corrected chi connectivity index (χ4v) is 1.40. The maximum Gasteiger partial charge on any atom is 0.240 e. The van der Waals surface area contributed by atoms with E-state index in [1.165, 1.54) is 0 Å². The van der Waals surface area contributed by atoms with E-state index in [0.717, 1.165) is 17.9 Å². The van der Waals surface area contributed by atoms with Crippen LogP contribution in [-0.4, -0.2) is 33.2 Å². The van der Waals surface area contributed by atoms with E-state index in [2.05, 4.69) is 12.2 Å². The largest absolute Gasteiger partial charge is 0.494 e. The molecular formula is C13H20N2O2. The smallest absolute Gasteiger partial charge is 0.240 e. The fraction of sp³-hybridized carbons (Fsp3) is 0.462. The average molecular weight is 236 g/mol. The number of carbonyl (C=O) groups is 1. The first-order chi connectivity index (χ1) is 8.19. The van der Waals surface area contributed by atoms with Crippen molar-refractivity contribution in [2.75, 3.05) is 32.1 Å². The summed E-state index contributed by atoms with van der Waals surface area (Å²) in [6, 6.07) is 7.54. The molecule has 0 radical (unpaired) electrons. The molecule has 0 fully saturated rings. The fourth-order valence-electron chi connectivity index (χ4n) is 1.40. The Morgan fingerprint density at radius 3 is 2.53 bits per heavy atom. The Labute approximate surface area is 103 Å². The highest BCUT2D eigenvalue weighted by Gasteiger charge is 2.09. The van der Waals surface area contributed by atoms with Crippen molar-refractivity contribution in [2.45, 2.75) is 13.3 Å². The predicted molar refractivity (Wildman–Crippen MR) is 69.6 cm³/mol. The number of ether oxygens (including phenoxy) is 1. The molecule has 4 nitrogen and oxygen atoms in total. The van der Waals surface area contributed by atoms with Gasteiger partial charge in [-0.2, -0.15) is 0 Å². The monoisotopic (exact) mass is 236 g/mol. The molecule has 0 bridgehead atoms. The number of hydrogen-bond donors (Lipinski definition) is 1. The van der Waals surface area contributed by atoms with Gasteiger partial charge in [0.2, 0.25) is 5.91 Å². The van der Waals surface area contributed by atoms with Crippen LogP contribution in [0, 0.1) is 0 Å². The lowest BCUT2D eigenvalue weighted by molar-refractivity contribution is -0.117. The Kier molecular flexibility index (Phi) is 5.49. The average Bonchev–Trinajstić information content (AvgIpc) is 2.36. The third-order valence-electron chi connectivity index (χ3n) is 2.40. The molecule has 1 aromatic carbocycles. The summed E-state index contributed by atoms with van der Waals surface area (Å²) in [4.78, 5) is 13.3. The molecule has 0 aliphatic carbocycles. The van der Waals surface area contributed by atoms with Crippen molar-refractivity contribution < 1.29 is 9.53 Å². The highest BCUT2D eigenvalue weighted by Crippen LogP contribution is 2.18. The zero-order chi connectivity index (χ0) is 12.7. The van der Waals surface area contributed by atoms with Crippen LogP contribution in [0.15, 0.2) is 24.3 Å². The number of benzene rings is 1. The van der Waals surface area contributed by atoms with Crippen LogP contribution in [-0.2, 0) is 4.79 Å². The molecular weight excluding hydrogens is 216 g/mol. The molecule has 0 aromatic heterocycles. The standard InChI is InChI=1S/C13H20N2O2/c1-4-9-17-12-7-5-11(6-8-12)15(3)13(16)10-14-2/h5-8,14H,4,9-10H2,1-3H3. The number of anilines is 1. The van der Waals surface area contributed by atoms with Crippen LogP contribution in [0.2, 0.25) is 0 Å². The van der Waals surface area contributed by atoms with Gasteiger partial charge in [-0.3, -0.25) is 4.79 Å². The Hall–Kier alpha value is -1.55. The summed E-state index contributed by atoms with van der Waals surface area (Å²) in [5.41, 5.74) is 0.870. The summed E-state index contributed by atoms with van der Waals surface area (Å²) in [6.07, 6.45) is 0.988. The van der Waals surface area contributed by atoms with Gasteiger partial charge in [-0.05, 0) is 37.7 Å². The van der Waals surface area contributed by atoms with Gasteiger partial charge in [-0.1, -0.05) is 6.92 Å². The van der Waals surface area contributed by atoms with Gasteiger partial charge in [0.25, 0.3) is 0 Å². The van der Waals surface area contributed by atoms with E-state index in [-0.39, 0.29) is 5.91 Å². The summed E-state index contributed by atoms with van der Waals surface area (Å²) >= 11 is 0. The third kappa shape index (κ3) is 4.07. The lowest BCUT2D eigenvalue weighted by Crippen LogP contribution is -2.33. The first kappa shape index (κ1) is 13.5. The lowest BCUT2D eigenvalue weighted by atomic mass is 10.2. The van der Waals surface area contributed by atoms with Crippen LogP contribution in [0.3, 0.4) is 0 Å². The molecule has 0 spiro atoms. The molecule has 0 saturated heterocycles. The molecule has 0 heterocycles. The Morgan fingerprint density at radius 1 is 1.35 bits per heavy atom. The maximum absolute atomic E-state index is 11.6. The van der Waals surface area contributed by atoms with E-state index in [1.54, 1.807) is 19.0 Å². The van der Waals surface area contributed by atoms with Gasteiger partial charge in [-0.25, -0.2) is 0 Å². The minimum absolute atomic E-state index is 0.0368. The minimum Gasteiger partial charge on any atom is -0.494 e. The molecule has 1 N–H and O–H groups in total. The lowest BCUT2D eigenvalue weighted by Gasteiger charge is -2.17. The van der Waals surface area contributed by atoms with Crippen LogP contribution in [0.4, 0.5) is 5.69 Å². The van der Waals surface area contributed by atoms with Crippen LogP contribution in [0.25, 0.3) is 0 Å². The van der Waals surface area contributed by atoms with Crippen LogP contribution >= 0.6 is 0 Å². The third-order valence-corrected chi connectivity index (χ3v) is 2.40. The predicted octanol–water partition coefficient (Wildman–Crippen LogP) is 1.66. The molecule has 94 valence electrons. The van der Waals surface area contributed by atoms with Crippen molar-refractivity contribution in [3.8, 4) is 5.75 Å². The van der Waals surface area contributed by atoms with E-state index in [9.17, 15) is 4.79 Å². The maximum atomic E-state index is 11.6. The van der Waals surface area contributed by atoms with Gasteiger partial charge in [0, 0.05) is 12.7 Å². The Balaban J connectivity index is 2.63. The number of rotatable bonds is 6. The second-order valence-corrected chi connectivity index (χ2v) is 3.83. The van der Waals surface area contributed by atoms with E-state index < -0.39 is 0 Å². The van der Waals surface area contributed by atoms with Crippen molar-refractivity contribution in [1.29, 1.82) is 0 Å². The highest BCUT2D eigenvalue weighted by molar-refractivity contribution is 5.94. The zero-order valence-corrected chi connectivity index (χ0v) is 10.7. The van der Waals surface area contributed by atoms with Gasteiger partial charge in [0.1, 0.15) is 5.75 Å². The van der Waals surface area contributed by atoms with Crippen LogP contribution in [0.5, 0.6) is 5.75 Å².